The van der Waals surface area contributed by atoms with Gasteiger partial charge in [0.25, 0.3) is 0 Å². The molecular weight excluding hydrogens is 288 g/mol. The average Bonchev–Trinajstić information content (AvgIpc) is 2.58. The molecule has 0 bridgehead atoms. The number of hydrogen-bond acceptors (Lipinski definition) is 0. The van der Waals surface area contributed by atoms with Gasteiger partial charge in [-0.3, -0.25) is 0 Å². The van der Waals surface area contributed by atoms with Crippen LogP contribution in [0.1, 0.15) is 116 Å². The van der Waals surface area contributed by atoms with Crippen LogP contribution >= 0.6 is 0 Å². The summed E-state index contributed by atoms with van der Waals surface area (Å²) in [5.41, 5.74) is 0.652. The van der Waals surface area contributed by atoms with Crippen LogP contribution in [0.15, 0.2) is 12.2 Å². The second-order valence-electron chi connectivity index (χ2n) is 7.65. The van der Waals surface area contributed by atoms with Crippen LogP contribution in [-0.2, 0) is 0 Å². The van der Waals surface area contributed by atoms with Crippen molar-refractivity contribution >= 4 is 0 Å². The van der Waals surface area contributed by atoms with E-state index in [1.165, 1.54) is 19.3 Å². The minimum absolute atomic E-state index is 0.652. The molecule has 2 unspecified atom stereocenters. The zero-order valence-corrected chi connectivity index (χ0v) is 20.1. The predicted molar refractivity (Wildman–Crippen MR) is 119 cm³/mol. The first kappa shape index (κ1) is 31.5. The minimum Gasteiger partial charge on any atom is -0.0914 e. The number of hydrogen-bond donors (Lipinski definition) is 0. The Morgan fingerprint density at radius 1 is 0.917 bits per heavy atom. The molecule has 1 aliphatic rings. The highest BCUT2D eigenvalue weighted by Crippen LogP contribution is 2.49. The van der Waals surface area contributed by atoms with E-state index >= 15 is 0 Å². The predicted octanol–water partition coefficient (Wildman–Crippen LogP) is 9.40. The number of allylic oxidation sites excluding steroid dienone is 2. The molecule has 0 aromatic heterocycles. The summed E-state index contributed by atoms with van der Waals surface area (Å²) in [4.78, 5) is 0. The van der Waals surface area contributed by atoms with E-state index in [0.29, 0.717) is 5.41 Å². The van der Waals surface area contributed by atoms with Crippen LogP contribution in [0.2, 0.25) is 0 Å². The van der Waals surface area contributed by atoms with Gasteiger partial charge in [-0.2, -0.15) is 0 Å². The second-order valence-corrected chi connectivity index (χ2v) is 7.65. The van der Waals surface area contributed by atoms with Crippen molar-refractivity contribution in [2.24, 2.45) is 29.1 Å². The maximum Gasteiger partial charge on any atom is -0.0291 e. The monoisotopic (exact) mass is 342 g/mol. The van der Waals surface area contributed by atoms with Crippen molar-refractivity contribution < 1.29 is 0 Å². The van der Waals surface area contributed by atoms with E-state index in [0.717, 1.165) is 23.7 Å². The Labute approximate surface area is 157 Å². The Balaban J connectivity index is -0.000000115. The Hall–Kier alpha value is -0.260. The van der Waals surface area contributed by atoms with Gasteiger partial charge in [-0.05, 0) is 42.4 Å². The summed E-state index contributed by atoms with van der Waals surface area (Å²) in [7, 11) is 0. The van der Waals surface area contributed by atoms with E-state index in [1.807, 2.05) is 34.6 Å². The summed E-state index contributed by atoms with van der Waals surface area (Å²) < 4.78 is 0. The zero-order chi connectivity index (χ0) is 20.3. The topological polar surface area (TPSA) is 0 Å². The van der Waals surface area contributed by atoms with Gasteiger partial charge in [0.05, 0.1) is 0 Å². The SMILES string of the molecule is C/C=C\C(C)C.CC.CC.CC1CC(C)(C)C1C.CCC(C)CC. The Morgan fingerprint density at radius 3 is 1.29 bits per heavy atom. The average molecular weight is 343 g/mol. The molecule has 0 heterocycles. The lowest BCUT2D eigenvalue weighted by molar-refractivity contribution is 0.0151. The highest BCUT2D eigenvalue weighted by molar-refractivity contribution is 4.90. The van der Waals surface area contributed by atoms with Gasteiger partial charge >= 0.3 is 0 Å². The molecule has 0 aromatic carbocycles. The molecule has 0 radical (unpaired) electrons. The van der Waals surface area contributed by atoms with E-state index in [2.05, 4.69) is 74.5 Å². The fourth-order valence-corrected chi connectivity index (χ4v) is 2.48. The summed E-state index contributed by atoms with van der Waals surface area (Å²) in [6, 6.07) is 0. The smallest absolute Gasteiger partial charge is 0.0291 e. The van der Waals surface area contributed by atoms with Crippen molar-refractivity contribution in [3.05, 3.63) is 12.2 Å². The standard InChI is InChI=1S/C8H16.C6H12.C6H14.2C2H6/c1-6-5-8(3,4)7(6)2;1-4-5-6(2)3;1-4-6(3)5-2;2*1-2/h6-7H,5H2,1-4H3;4-6H,1-3H3;6H,4-5H2,1-3H3;2*1-2H3/b;5-4-;;;. The van der Waals surface area contributed by atoms with Gasteiger partial charge in [-0.25, -0.2) is 0 Å². The van der Waals surface area contributed by atoms with Gasteiger partial charge in [0.15, 0.2) is 0 Å². The van der Waals surface area contributed by atoms with Crippen molar-refractivity contribution in [2.75, 3.05) is 0 Å². The first-order chi connectivity index (χ1) is 11.1. The molecule has 1 aliphatic carbocycles. The third-order valence-electron chi connectivity index (χ3n) is 4.91. The van der Waals surface area contributed by atoms with Crippen LogP contribution in [-0.4, -0.2) is 0 Å². The van der Waals surface area contributed by atoms with Crippen molar-refractivity contribution in [1.29, 1.82) is 0 Å². The summed E-state index contributed by atoms with van der Waals surface area (Å²) in [5, 5.41) is 0. The van der Waals surface area contributed by atoms with Gasteiger partial charge in [-0.15, -0.1) is 0 Å². The van der Waals surface area contributed by atoms with Crippen molar-refractivity contribution in [3.63, 3.8) is 0 Å². The van der Waals surface area contributed by atoms with Crippen LogP contribution in [0.3, 0.4) is 0 Å². The molecule has 1 fully saturated rings. The third-order valence-corrected chi connectivity index (χ3v) is 4.91. The van der Waals surface area contributed by atoms with Crippen molar-refractivity contribution in [2.45, 2.75) is 116 Å². The summed E-state index contributed by atoms with van der Waals surface area (Å²) in [6.45, 7) is 30.5. The van der Waals surface area contributed by atoms with E-state index in [4.69, 9.17) is 0 Å². The largest absolute Gasteiger partial charge is 0.0914 e. The molecule has 0 aliphatic heterocycles. The lowest BCUT2D eigenvalue weighted by Crippen LogP contribution is -2.40. The van der Waals surface area contributed by atoms with Crippen LogP contribution < -0.4 is 0 Å². The van der Waals surface area contributed by atoms with E-state index in [9.17, 15) is 0 Å². The van der Waals surface area contributed by atoms with Crippen molar-refractivity contribution in [1.82, 2.24) is 0 Å². The van der Waals surface area contributed by atoms with Gasteiger partial charge in [0.2, 0.25) is 0 Å². The molecule has 0 heteroatoms. The summed E-state index contributed by atoms with van der Waals surface area (Å²) >= 11 is 0. The van der Waals surface area contributed by atoms with E-state index < -0.39 is 0 Å². The first-order valence-corrected chi connectivity index (χ1v) is 10.7. The molecule has 0 nitrogen and oxygen atoms in total. The normalized spacial score (nSPS) is 20.3. The van der Waals surface area contributed by atoms with Crippen LogP contribution in [0.25, 0.3) is 0 Å². The highest BCUT2D eigenvalue weighted by Gasteiger charge is 2.40. The molecular formula is C24H54. The Kier molecular flexibility index (Phi) is 27.3. The van der Waals surface area contributed by atoms with Gasteiger partial charge in [0, 0.05) is 0 Å². The van der Waals surface area contributed by atoms with Gasteiger partial charge in [0.1, 0.15) is 0 Å². The van der Waals surface area contributed by atoms with Crippen molar-refractivity contribution in [3.8, 4) is 0 Å². The van der Waals surface area contributed by atoms with E-state index in [-0.39, 0.29) is 0 Å². The zero-order valence-electron chi connectivity index (χ0n) is 20.1. The highest BCUT2D eigenvalue weighted by atomic mass is 14.5. The molecule has 0 saturated heterocycles. The lowest BCUT2D eigenvalue weighted by Gasteiger charge is -2.48. The van der Waals surface area contributed by atoms with Crippen LogP contribution in [0, 0.1) is 29.1 Å². The molecule has 0 amide bonds. The molecule has 2 atom stereocenters. The first-order valence-electron chi connectivity index (χ1n) is 10.7. The fraction of sp³-hybridized carbons (Fsp3) is 0.917. The van der Waals surface area contributed by atoms with Crippen LogP contribution in [0.5, 0.6) is 0 Å². The quantitative estimate of drug-likeness (QED) is 0.448. The maximum atomic E-state index is 2.36. The third kappa shape index (κ3) is 19.8. The molecule has 0 spiro atoms. The van der Waals surface area contributed by atoms with Crippen LogP contribution in [0.4, 0.5) is 0 Å². The molecule has 24 heavy (non-hydrogen) atoms. The van der Waals surface area contributed by atoms with Gasteiger partial charge < -0.3 is 0 Å². The lowest BCUT2D eigenvalue weighted by atomic mass is 9.57. The molecule has 150 valence electrons. The number of rotatable bonds is 3. The Bertz CT molecular complexity index is 230. The van der Waals surface area contributed by atoms with E-state index in [1.54, 1.807) is 0 Å². The Morgan fingerprint density at radius 2 is 1.29 bits per heavy atom. The molecule has 1 rings (SSSR count). The summed E-state index contributed by atoms with van der Waals surface area (Å²) in [6.07, 6.45) is 8.33. The molecule has 1 saturated carbocycles. The maximum absolute atomic E-state index is 2.36. The summed E-state index contributed by atoms with van der Waals surface area (Å²) in [5.74, 6) is 3.58. The fourth-order valence-electron chi connectivity index (χ4n) is 2.48. The minimum atomic E-state index is 0.652. The second kappa shape index (κ2) is 20.8. The molecule has 0 aromatic rings. The van der Waals surface area contributed by atoms with Gasteiger partial charge in [-0.1, -0.05) is 115 Å². The molecule has 0 N–H and O–H groups in total.